The third kappa shape index (κ3) is 4.97. The zero-order valence-electron chi connectivity index (χ0n) is 7.41. The Hall–Kier alpha value is -0.0800. The average Bonchev–Trinajstić information content (AvgIpc) is 2.01. The molecule has 0 amide bonds. The van der Waals surface area contributed by atoms with E-state index in [2.05, 4.69) is 8.37 Å². The summed E-state index contributed by atoms with van der Waals surface area (Å²) in [6.07, 6.45) is 0.177. The van der Waals surface area contributed by atoms with Crippen LogP contribution in [0.4, 0.5) is 0 Å². The van der Waals surface area contributed by atoms with Crippen LogP contribution in [0.2, 0.25) is 0 Å². The van der Waals surface area contributed by atoms with Gasteiger partial charge in [-0.15, -0.1) is 0 Å². The van der Waals surface area contributed by atoms with Crippen LogP contribution in [0.1, 0.15) is 0 Å². The summed E-state index contributed by atoms with van der Waals surface area (Å²) in [4.78, 5) is 0. The van der Waals surface area contributed by atoms with Crippen molar-refractivity contribution in [1.82, 2.24) is 0 Å². The van der Waals surface area contributed by atoms with E-state index >= 15 is 0 Å². The van der Waals surface area contributed by atoms with Crippen molar-refractivity contribution in [2.75, 3.05) is 19.5 Å². The van der Waals surface area contributed by atoms with Crippen molar-refractivity contribution in [1.29, 1.82) is 0 Å². The van der Waals surface area contributed by atoms with E-state index in [0.29, 0.717) is 6.26 Å². The van der Waals surface area contributed by atoms with E-state index in [9.17, 15) is 21.4 Å². The summed E-state index contributed by atoms with van der Waals surface area (Å²) in [5.41, 5.74) is -1.78. The predicted molar refractivity (Wildman–Crippen MR) is 48.1 cm³/mol. The highest BCUT2D eigenvalue weighted by Gasteiger charge is 2.30. The highest BCUT2D eigenvalue weighted by Crippen LogP contribution is 2.13. The maximum atomic E-state index is 11.0. The van der Waals surface area contributed by atoms with Crippen molar-refractivity contribution in [2.24, 2.45) is 0 Å². The highest BCUT2D eigenvalue weighted by atomic mass is 32.2. The Morgan fingerprint density at radius 2 is 1.79 bits per heavy atom. The lowest BCUT2D eigenvalue weighted by molar-refractivity contribution is 0.270. The smallest absolute Gasteiger partial charge is 0.275 e. The first-order chi connectivity index (χ1) is 6.23. The first-order valence-corrected chi connectivity index (χ1v) is 7.48. The van der Waals surface area contributed by atoms with Crippen LogP contribution in [0.5, 0.6) is 0 Å². The molecule has 0 radical (unpaired) electrons. The fourth-order valence-corrected chi connectivity index (χ4v) is 3.23. The molecule has 0 spiro atoms. The average molecular weight is 264 g/mol. The van der Waals surface area contributed by atoms with Gasteiger partial charge in [-0.05, 0) is 0 Å². The van der Waals surface area contributed by atoms with Gasteiger partial charge in [-0.1, -0.05) is 0 Å². The summed E-state index contributed by atoms with van der Waals surface area (Å²) in [6.45, 7) is 0. The van der Waals surface area contributed by atoms with E-state index in [4.69, 9.17) is 0 Å². The van der Waals surface area contributed by atoms with Crippen molar-refractivity contribution in [3.05, 3.63) is 0 Å². The van der Waals surface area contributed by atoms with E-state index < -0.39 is 40.3 Å². The third-order valence-electron chi connectivity index (χ3n) is 1.06. The molecule has 0 bridgehead atoms. The van der Waals surface area contributed by atoms with Gasteiger partial charge in [0.2, 0.25) is 5.44 Å². The molecule has 0 saturated carbocycles. The fraction of sp³-hybridized carbons (Fsp3) is 1.00. The van der Waals surface area contributed by atoms with Gasteiger partial charge < -0.3 is 0 Å². The minimum Gasteiger partial charge on any atom is -0.275 e. The second-order valence-electron chi connectivity index (χ2n) is 2.20. The van der Waals surface area contributed by atoms with Crippen LogP contribution in [-0.2, 0) is 33.2 Å². The second kappa shape index (κ2) is 5.13. The maximum Gasteiger partial charge on any atom is 0.296 e. The predicted octanol–water partition coefficient (Wildman–Crippen LogP) is -0.443. The van der Waals surface area contributed by atoms with Crippen LogP contribution in [-0.4, -0.2) is 41.8 Å². The quantitative estimate of drug-likeness (QED) is 0.473. The Morgan fingerprint density at radius 1 is 1.29 bits per heavy atom. The molecule has 0 aliphatic rings. The molecule has 0 aromatic heterocycles. The molecular weight excluding hydrogens is 255 g/mol. The van der Waals surface area contributed by atoms with Crippen molar-refractivity contribution in [3.8, 4) is 0 Å². The first-order valence-electron chi connectivity index (χ1n) is 3.19. The van der Waals surface area contributed by atoms with E-state index in [1.54, 1.807) is 0 Å². The lowest BCUT2D eigenvalue weighted by Crippen LogP contribution is -2.29. The van der Waals surface area contributed by atoms with Crippen LogP contribution in [0, 0.1) is 0 Å². The Bertz CT molecular complexity index is 382. The molecule has 14 heavy (non-hydrogen) atoms. The zero-order valence-corrected chi connectivity index (χ0v) is 9.93. The van der Waals surface area contributed by atoms with E-state index in [0.717, 1.165) is 7.11 Å². The molecule has 0 N–H and O–H groups in total. The summed E-state index contributed by atoms with van der Waals surface area (Å²) in [6, 6.07) is 0. The largest absolute Gasteiger partial charge is 0.296 e. The van der Waals surface area contributed by atoms with Gasteiger partial charge in [0.15, 0.2) is 8.46 Å². The van der Waals surface area contributed by atoms with Gasteiger partial charge in [-0.2, -0.15) is 16.8 Å². The van der Waals surface area contributed by atoms with Gasteiger partial charge in [0.25, 0.3) is 20.2 Å². The molecule has 0 saturated heterocycles. The lowest BCUT2D eigenvalue weighted by Gasteiger charge is -2.11. The Morgan fingerprint density at radius 3 is 2.07 bits per heavy atom. The number of hydrogen-bond acceptors (Lipinski definition) is 7. The summed E-state index contributed by atoms with van der Waals surface area (Å²) in [5.74, 6) is 0. The van der Waals surface area contributed by atoms with Crippen molar-refractivity contribution >= 4 is 28.7 Å². The molecule has 10 heteroatoms. The highest BCUT2D eigenvalue weighted by molar-refractivity contribution is 7.89. The topological polar surface area (TPSA) is 104 Å². The van der Waals surface area contributed by atoms with Crippen molar-refractivity contribution < 1.29 is 29.8 Å². The van der Waals surface area contributed by atoms with E-state index in [1.165, 1.54) is 0 Å². The monoisotopic (exact) mass is 264 g/mol. The standard InChI is InChI=1S/C4H9O7PS2/c1-10-14(8,9)4(3-12-5)11-13(2,6)7/h4H,3H2,1-2H3. The van der Waals surface area contributed by atoms with Gasteiger partial charge in [-0.25, -0.2) is 4.18 Å². The Labute approximate surface area is 83.8 Å². The normalized spacial score (nSPS) is 15.6. The summed E-state index contributed by atoms with van der Waals surface area (Å²) >= 11 is 0. The SMILES string of the molecule is COS(=O)(=O)C(CP=O)OS(C)(=O)=O. The molecule has 0 aromatic rings. The number of rotatable bonds is 6. The molecule has 0 fully saturated rings. The molecule has 0 aliphatic heterocycles. The molecule has 1 unspecified atom stereocenters. The molecular formula is C4H9O7PS2. The van der Waals surface area contributed by atoms with Crippen molar-refractivity contribution in [2.45, 2.75) is 5.44 Å². The molecule has 0 heterocycles. The lowest BCUT2D eigenvalue weighted by atomic mass is 10.9. The minimum atomic E-state index is -4.16. The van der Waals surface area contributed by atoms with Crippen LogP contribution in [0.15, 0.2) is 0 Å². The van der Waals surface area contributed by atoms with Crippen molar-refractivity contribution in [3.63, 3.8) is 0 Å². The summed E-state index contributed by atoms with van der Waals surface area (Å²) in [7, 11) is -7.80. The zero-order chi connectivity index (χ0) is 11.4. The molecule has 0 rings (SSSR count). The summed E-state index contributed by atoms with van der Waals surface area (Å²) < 4.78 is 61.7. The summed E-state index contributed by atoms with van der Waals surface area (Å²) in [5, 5.41) is 0. The van der Waals surface area contributed by atoms with Crippen LogP contribution in [0.3, 0.4) is 0 Å². The van der Waals surface area contributed by atoms with Crippen LogP contribution >= 0.6 is 8.46 Å². The van der Waals surface area contributed by atoms with E-state index in [-0.39, 0.29) is 0 Å². The van der Waals surface area contributed by atoms with Crippen LogP contribution < -0.4 is 0 Å². The number of hydrogen-bond donors (Lipinski definition) is 0. The minimum absolute atomic E-state index is 0.511. The molecule has 84 valence electrons. The Kier molecular flexibility index (Phi) is 5.10. The van der Waals surface area contributed by atoms with Gasteiger partial charge >= 0.3 is 0 Å². The maximum absolute atomic E-state index is 11.0. The van der Waals surface area contributed by atoms with E-state index in [1.807, 2.05) is 0 Å². The van der Waals surface area contributed by atoms with Gasteiger partial charge in [0.05, 0.1) is 19.5 Å². The van der Waals surface area contributed by atoms with Crippen LogP contribution in [0.25, 0.3) is 0 Å². The third-order valence-corrected chi connectivity index (χ3v) is 3.86. The van der Waals surface area contributed by atoms with Gasteiger partial charge in [0, 0.05) is 0 Å². The fourth-order valence-electron chi connectivity index (χ4n) is 0.533. The second-order valence-corrected chi connectivity index (χ2v) is 6.27. The molecule has 1 atom stereocenters. The van der Waals surface area contributed by atoms with Gasteiger partial charge in [0.1, 0.15) is 0 Å². The Balaban J connectivity index is 4.88. The molecule has 0 aliphatic carbocycles. The van der Waals surface area contributed by atoms with Gasteiger partial charge in [-0.3, -0.25) is 8.75 Å². The first kappa shape index (κ1) is 13.9. The molecule has 7 nitrogen and oxygen atoms in total. The molecule has 0 aromatic carbocycles.